The van der Waals surface area contributed by atoms with Crippen LogP contribution in [0.5, 0.6) is 0 Å². The van der Waals surface area contributed by atoms with Crippen LogP contribution in [0.3, 0.4) is 0 Å². The van der Waals surface area contributed by atoms with Gasteiger partial charge in [0, 0.05) is 20.2 Å². The summed E-state index contributed by atoms with van der Waals surface area (Å²) in [6.45, 7) is 1.59. The van der Waals surface area contributed by atoms with Crippen molar-refractivity contribution in [3.63, 3.8) is 0 Å². The molecule has 1 atom stereocenters. The number of aliphatic hydroxyl groups is 1. The van der Waals surface area contributed by atoms with Crippen LogP contribution >= 0.6 is 54.5 Å². The molecule has 2 aromatic rings. The molecule has 1 aromatic carbocycles. The van der Waals surface area contributed by atoms with Gasteiger partial charge in [0.1, 0.15) is 6.10 Å². The van der Waals surface area contributed by atoms with Crippen LogP contribution in [0.15, 0.2) is 33.3 Å². The van der Waals surface area contributed by atoms with Crippen LogP contribution in [0.25, 0.3) is 0 Å². The van der Waals surface area contributed by atoms with Crippen molar-refractivity contribution < 1.29 is 5.11 Å². The highest BCUT2D eigenvalue weighted by atomic mass is 127. The molecule has 0 spiro atoms. The standard InChI is InChI=1S/C14H16Br2IN3O/c1-19(2)5-6-20-13(12(16)8-18-20)14(21)10-7-9(17)3-4-11(10)15/h3-4,7-8,14,21H,5-6H2,1-2H3. The highest BCUT2D eigenvalue weighted by molar-refractivity contribution is 14.1. The number of hydrogen-bond acceptors (Lipinski definition) is 3. The van der Waals surface area contributed by atoms with E-state index in [0.717, 1.165) is 36.9 Å². The molecule has 0 aliphatic rings. The van der Waals surface area contributed by atoms with Crippen LogP contribution in [0.2, 0.25) is 0 Å². The van der Waals surface area contributed by atoms with E-state index in [4.69, 9.17) is 0 Å². The Hall–Kier alpha value is 0.0400. The van der Waals surface area contributed by atoms with Crippen molar-refractivity contribution >= 4 is 54.5 Å². The number of hydrogen-bond donors (Lipinski definition) is 1. The summed E-state index contributed by atoms with van der Waals surface area (Å²) in [6, 6.07) is 5.93. The average molecular weight is 529 g/mol. The molecule has 0 radical (unpaired) electrons. The molecule has 7 heteroatoms. The first-order valence-corrected chi connectivity index (χ1v) is 9.05. The average Bonchev–Trinajstić information content (AvgIpc) is 2.79. The Labute approximate surface area is 154 Å². The lowest BCUT2D eigenvalue weighted by Gasteiger charge is -2.17. The number of likely N-dealkylation sites (N-methyl/N-ethyl adjacent to an activating group) is 1. The minimum atomic E-state index is -0.729. The Morgan fingerprint density at radius 1 is 1.33 bits per heavy atom. The van der Waals surface area contributed by atoms with E-state index in [1.165, 1.54) is 0 Å². The number of rotatable bonds is 5. The van der Waals surface area contributed by atoms with Crippen LogP contribution in [0.1, 0.15) is 17.4 Å². The van der Waals surface area contributed by atoms with E-state index in [-0.39, 0.29) is 0 Å². The normalized spacial score (nSPS) is 12.9. The Morgan fingerprint density at radius 3 is 2.71 bits per heavy atom. The minimum Gasteiger partial charge on any atom is -0.382 e. The molecule has 4 nitrogen and oxygen atoms in total. The number of nitrogens with zero attached hydrogens (tertiary/aromatic N) is 3. The van der Waals surface area contributed by atoms with Gasteiger partial charge in [-0.1, -0.05) is 15.9 Å². The fourth-order valence-electron chi connectivity index (χ4n) is 1.99. The van der Waals surface area contributed by atoms with E-state index < -0.39 is 6.10 Å². The maximum Gasteiger partial charge on any atom is 0.123 e. The van der Waals surface area contributed by atoms with Crippen molar-refractivity contribution in [1.29, 1.82) is 0 Å². The SMILES string of the molecule is CN(C)CCn1ncc(Br)c1C(O)c1cc(I)ccc1Br. The number of aliphatic hydroxyl groups excluding tert-OH is 1. The third-order valence-corrected chi connectivity index (χ3v) is 5.11. The Bertz CT molecular complexity index is 631. The van der Waals surface area contributed by atoms with Gasteiger partial charge in [0.2, 0.25) is 0 Å². The van der Waals surface area contributed by atoms with Crippen LogP contribution < -0.4 is 0 Å². The zero-order valence-electron chi connectivity index (χ0n) is 11.7. The monoisotopic (exact) mass is 527 g/mol. The van der Waals surface area contributed by atoms with Crippen LogP contribution in [-0.4, -0.2) is 40.4 Å². The summed E-state index contributed by atoms with van der Waals surface area (Å²) in [5.41, 5.74) is 1.62. The smallest absolute Gasteiger partial charge is 0.123 e. The third-order valence-electron chi connectivity index (χ3n) is 3.10. The molecule has 0 bridgehead atoms. The van der Waals surface area contributed by atoms with Crippen molar-refractivity contribution in [2.45, 2.75) is 12.6 Å². The zero-order chi connectivity index (χ0) is 15.6. The highest BCUT2D eigenvalue weighted by Crippen LogP contribution is 2.33. The molecule has 0 aliphatic heterocycles. The summed E-state index contributed by atoms with van der Waals surface area (Å²) in [6.07, 6.45) is 1.00. The summed E-state index contributed by atoms with van der Waals surface area (Å²) in [7, 11) is 4.04. The molecule has 0 aliphatic carbocycles. The van der Waals surface area contributed by atoms with E-state index in [2.05, 4.69) is 64.4 Å². The Morgan fingerprint density at radius 2 is 2.05 bits per heavy atom. The number of aromatic nitrogens is 2. The molecular formula is C14H16Br2IN3O. The van der Waals surface area contributed by atoms with Crippen LogP contribution in [0, 0.1) is 3.57 Å². The lowest BCUT2D eigenvalue weighted by molar-refractivity contribution is 0.204. The molecule has 0 saturated heterocycles. The van der Waals surface area contributed by atoms with Gasteiger partial charge in [-0.2, -0.15) is 5.10 Å². The second kappa shape index (κ2) is 7.54. The Kier molecular flexibility index (Phi) is 6.25. The van der Waals surface area contributed by atoms with Crippen molar-refractivity contribution in [2.24, 2.45) is 0 Å². The predicted octanol–water partition coefficient (Wildman–Crippen LogP) is 3.66. The van der Waals surface area contributed by atoms with E-state index in [0.29, 0.717) is 0 Å². The van der Waals surface area contributed by atoms with Gasteiger partial charge in [-0.3, -0.25) is 4.68 Å². The molecule has 0 amide bonds. The first-order valence-electron chi connectivity index (χ1n) is 6.39. The predicted molar refractivity (Wildman–Crippen MR) is 99.4 cm³/mol. The summed E-state index contributed by atoms with van der Waals surface area (Å²) >= 11 is 9.25. The molecule has 21 heavy (non-hydrogen) atoms. The molecular weight excluding hydrogens is 513 g/mol. The lowest BCUT2D eigenvalue weighted by Crippen LogP contribution is -2.21. The van der Waals surface area contributed by atoms with E-state index in [1.807, 2.05) is 37.0 Å². The highest BCUT2D eigenvalue weighted by Gasteiger charge is 2.21. The fourth-order valence-corrected chi connectivity index (χ4v) is 3.48. The van der Waals surface area contributed by atoms with Crippen molar-refractivity contribution in [3.8, 4) is 0 Å². The largest absolute Gasteiger partial charge is 0.382 e. The molecule has 2 rings (SSSR count). The molecule has 0 fully saturated rings. The third kappa shape index (κ3) is 4.28. The van der Waals surface area contributed by atoms with Gasteiger partial charge >= 0.3 is 0 Å². The zero-order valence-corrected chi connectivity index (χ0v) is 17.1. The van der Waals surface area contributed by atoms with Gasteiger partial charge in [0.15, 0.2) is 0 Å². The van der Waals surface area contributed by atoms with E-state index in [9.17, 15) is 5.11 Å². The van der Waals surface area contributed by atoms with Gasteiger partial charge in [-0.05, 0) is 70.8 Å². The molecule has 1 aromatic heterocycles. The first-order chi connectivity index (χ1) is 9.90. The van der Waals surface area contributed by atoms with Crippen molar-refractivity contribution in [2.75, 3.05) is 20.6 Å². The second-order valence-electron chi connectivity index (χ2n) is 4.97. The summed E-state index contributed by atoms with van der Waals surface area (Å²) < 4.78 is 4.64. The van der Waals surface area contributed by atoms with Crippen LogP contribution in [0.4, 0.5) is 0 Å². The maximum atomic E-state index is 10.8. The van der Waals surface area contributed by atoms with Gasteiger partial charge < -0.3 is 10.0 Å². The first kappa shape index (κ1) is 17.4. The summed E-state index contributed by atoms with van der Waals surface area (Å²) in [4.78, 5) is 2.09. The summed E-state index contributed by atoms with van der Waals surface area (Å²) in [5, 5.41) is 15.1. The van der Waals surface area contributed by atoms with E-state index >= 15 is 0 Å². The van der Waals surface area contributed by atoms with E-state index in [1.54, 1.807) is 6.20 Å². The molecule has 0 saturated carbocycles. The second-order valence-corrected chi connectivity index (χ2v) is 7.93. The van der Waals surface area contributed by atoms with Crippen molar-refractivity contribution in [1.82, 2.24) is 14.7 Å². The van der Waals surface area contributed by atoms with Crippen LogP contribution in [-0.2, 0) is 6.54 Å². The lowest BCUT2D eigenvalue weighted by atomic mass is 10.1. The van der Waals surface area contributed by atoms with Gasteiger partial charge in [0.25, 0.3) is 0 Å². The van der Waals surface area contributed by atoms with Crippen molar-refractivity contribution in [3.05, 3.63) is 48.2 Å². The Balaban J connectivity index is 2.36. The topological polar surface area (TPSA) is 41.3 Å². The fraction of sp³-hybridized carbons (Fsp3) is 0.357. The van der Waals surface area contributed by atoms with Gasteiger partial charge in [-0.25, -0.2) is 0 Å². The van der Waals surface area contributed by atoms with Gasteiger partial charge in [0.05, 0.1) is 22.9 Å². The quantitative estimate of drug-likeness (QED) is 0.602. The molecule has 1 heterocycles. The molecule has 1 unspecified atom stereocenters. The number of halogens is 3. The minimum absolute atomic E-state index is 0.729. The van der Waals surface area contributed by atoms with Gasteiger partial charge in [-0.15, -0.1) is 0 Å². The summed E-state index contributed by atoms with van der Waals surface area (Å²) in [5.74, 6) is 0. The molecule has 114 valence electrons. The number of benzene rings is 1. The maximum absolute atomic E-state index is 10.8. The molecule has 1 N–H and O–H groups in total.